The molecule has 5 atom stereocenters. The van der Waals surface area contributed by atoms with E-state index in [1.165, 1.54) is 0 Å². The van der Waals surface area contributed by atoms with Crippen molar-refractivity contribution in [3.05, 3.63) is 53.6 Å². The Bertz CT molecular complexity index is 797. The fraction of sp³-hybridized carbons (Fsp3) is 0.500. The molecular weight excluding hydrogens is 384 g/mol. The van der Waals surface area contributed by atoms with Gasteiger partial charge in [0.2, 0.25) is 0 Å². The molecule has 1 fully saturated rings. The van der Waals surface area contributed by atoms with Gasteiger partial charge in [-0.05, 0) is 43.4 Å². The summed E-state index contributed by atoms with van der Waals surface area (Å²) in [5, 5.41) is 39.2. The van der Waals surface area contributed by atoms with Crippen LogP contribution in [0.4, 0.5) is 0 Å². The van der Waals surface area contributed by atoms with Crippen molar-refractivity contribution in [2.45, 2.75) is 64.1 Å². The van der Waals surface area contributed by atoms with Crippen molar-refractivity contribution in [1.29, 1.82) is 0 Å². The van der Waals surface area contributed by atoms with Crippen molar-refractivity contribution in [1.82, 2.24) is 0 Å². The lowest BCUT2D eigenvalue weighted by atomic mass is 9.88. The molecule has 1 unspecified atom stereocenters. The second-order valence-corrected chi connectivity index (χ2v) is 8.12. The summed E-state index contributed by atoms with van der Waals surface area (Å²) in [5.41, 5.74) is 1.63. The molecule has 1 aliphatic carbocycles. The molecule has 0 bridgehead atoms. The van der Waals surface area contributed by atoms with Crippen LogP contribution in [0.15, 0.2) is 42.5 Å². The maximum Gasteiger partial charge on any atom is 0.303 e. The fourth-order valence-corrected chi connectivity index (χ4v) is 3.83. The van der Waals surface area contributed by atoms with E-state index in [1.54, 1.807) is 31.2 Å². The first kappa shape index (κ1) is 23.8. The monoisotopic (exact) mass is 416 g/mol. The standard InChI is InChI=1S/C24H32O6/c1-15-13-17(9-11-20(15)25)16(2)21(26)12-10-19-18(22(27)14-23(19)28)7-5-3-4-6-8-24(29)30/h3,5,9-13,16,18-19,21,23,25-26,28H,4,6-8,14H2,1-2H3,(H,29,30)/b5-3-,12-10+/t16?,18-,19-,21+,23-/m1/s1. The number of Topliss-reactive ketones (excluding diaryl/α,β-unsaturated/α-hetero) is 1. The molecule has 4 N–H and O–H groups in total. The lowest BCUT2D eigenvalue weighted by molar-refractivity contribution is -0.137. The van der Waals surface area contributed by atoms with E-state index in [0.29, 0.717) is 19.3 Å². The van der Waals surface area contributed by atoms with E-state index in [1.807, 2.05) is 25.1 Å². The number of carboxylic acids is 1. The molecule has 0 saturated heterocycles. The third-order valence-electron chi connectivity index (χ3n) is 5.84. The maximum absolute atomic E-state index is 12.3. The number of phenolic OH excluding ortho intramolecular Hbond substituents is 1. The second-order valence-electron chi connectivity index (χ2n) is 8.12. The smallest absolute Gasteiger partial charge is 0.303 e. The number of aliphatic hydroxyl groups excluding tert-OH is 2. The Kier molecular flexibility index (Phi) is 8.81. The molecule has 6 heteroatoms. The van der Waals surface area contributed by atoms with Crippen LogP contribution in [0.3, 0.4) is 0 Å². The van der Waals surface area contributed by atoms with Crippen LogP contribution < -0.4 is 0 Å². The Morgan fingerprint density at radius 2 is 2.03 bits per heavy atom. The topological polar surface area (TPSA) is 115 Å². The van der Waals surface area contributed by atoms with E-state index in [4.69, 9.17) is 5.11 Å². The zero-order valence-corrected chi connectivity index (χ0v) is 17.6. The van der Waals surface area contributed by atoms with Crippen LogP contribution in [0.2, 0.25) is 0 Å². The molecule has 1 aromatic rings. The summed E-state index contributed by atoms with van der Waals surface area (Å²) in [6.07, 6.45) is 7.49. The van der Waals surface area contributed by atoms with Crippen molar-refractivity contribution < 1.29 is 30.0 Å². The van der Waals surface area contributed by atoms with Gasteiger partial charge in [0.1, 0.15) is 11.5 Å². The first-order valence-electron chi connectivity index (χ1n) is 10.4. The van der Waals surface area contributed by atoms with E-state index >= 15 is 0 Å². The van der Waals surface area contributed by atoms with Crippen molar-refractivity contribution in [2.24, 2.45) is 11.8 Å². The molecule has 0 aromatic heterocycles. The van der Waals surface area contributed by atoms with Gasteiger partial charge in [0.25, 0.3) is 0 Å². The number of hydrogen-bond donors (Lipinski definition) is 4. The number of ketones is 1. The van der Waals surface area contributed by atoms with Gasteiger partial charge >= 0.3 is 5.97 Å². The number of aliphatic carboxylic acids is 1. The van der Waals surface area contributed by atoms with Crippen LogP contribution in [0.25, 0.3) is 0 Å². The van der Waals surface area contributed by atoms with Crippen LogP contribution >= 0.6 is 0 Å². The summed E-state index contributed by atoms with van der Waals surface area (Å²) in [4.78, 5) is 22.8. The lowest BCUT2D eigenvalue weighted by Gasteiger charge is -2.20. The molecule has 1 aliphatic rings. The zero-order valence-electron chi connectivity index (χ0n) is 17.6. The summed E-state index contributed by atoms with van der Waals surface area (Å²) in [6, 6.07) is 5.22. The molecule has 0 spiro atoms. The van der Waals surface area contributed by atoms with Gasteiger partial charge in [-0.25, -0.2) is 0 Å². The molecule has 1 saturated carbocycles. The number of aromatic hydroxyl groups is 1. The van der Waals surface area contributed by atoms with Gasteiger partial charge in [-0.15, -0.1) is 0 Å². The summed E-state index contributed by atoms with van der Waals surface area (Å²) < 4.78 is 0. The number of aliphatic hydroxyl groups is 2. The fourth-order valence-electron chi connectivity index (χ4n) is 3.83. The summed E-state index contributed by atoms with van der Waals surface area (Å²) in [7, 11) is 0. The molecule has 30 heavy (non-hydrogen) atoms. The quantitative estimate of drug-likeness (QED) is 0.343. The number of carbonyl (C=O) groups is 2. The molecule has 0 radical (unpaired) electrons. The first-order valence-corrected chi connectivity index (χ1v) is 10.4. The minimum Gasteiger partial charge on any atom is -0.508 e. The van der Waals surface area contributed by atoms with E-state index in [2.05, 4.69) is 0 Å². The number of rotatable bonds is 10. The first-order chi connectivity index (χ1) is 14.2. The molecule has 1 aromatic carbocycles. The number of carbonyl (C=O) groups excluding carboxylic acids is 1. The molecule has 2 rings (SSSR count). The Hall–Kier alpha value is -2.44. The van der Waals surface area contributed by atoms with E-state index in [-0.39, 0.29) is 42.1 Å². The lowest BCUT2D eigenvalue weighted by Crippen LogP contribution is -2.20. The normalized spacial score (nSPS) is 24.0. The highest BCUT2D eigenvalue weighted by Crippen LogP contribution is 2.34. The van der Waals surface area contributed by atoms with Crippen LogP contribution in [0, 0.1) is 18.8 Å². The minimum atomic E-state index is -0.821. The third kappa shape index (κ3) is 6.54. The van der Waals surface area contributed by atoms with Gasteiger partial charge in [0.05, 0.1) is 12.2 Å². The molecule has 0 amide bonds. The Balaban J connectivity index is 1.98. The Morgan fingerprint density at radius 1 is 1.30 bits per heavy atom. The zero-order chi connectivity index (χ0) is 22.3. The van der Waals surface area contributed by atoms with Crippen molar-refractivity contribution >= 4 is 11.8 Å². The Morgan fingerprint density at radius 3 is 2.70 bits per heavy atom. The van der Waals surface area contributed by atoms with E-state index in [9.17, 15) is 24.9 Å². The molecule has 0 heterocycles. The third-order valence-corrected chi connectivity index (χ3v) is 5.84. The highest BCUT2D eigenvalue weighted by molar-refractivity contribution is 5.84. The number of carboxylic acid groups (broad SMARTS) is 1. The number of allylic oxidation sites excluding steroid dienone is 2. The van der Waals surface area contributed by atoms with E-state index < -0.39 is 18.2 Å². The van der Waals surface area contributed by atoms with Gasteiger partial charge in [0, 0.05) is 30.6 Å². The number of benzene rings is 1. The van der Waals surface area contributed by atoms with Crippen LogP contribution in [0.1, 0.15) is 56.1 Å². The van der Waals surface area contributed by atoms with Crippen molar-refractivity contribution in [3.63, 3.8) is 0 Å². The van der Waals surface area contributed by atoms with Crippen molar-refractivity contribution in [3.8, 4) is 5.75 Å². The number of hydrogen-bond acceptors (Lipinski definition) is 5. The molecule has 0 aliphatic heterocycles. The minimum absolute atomic E-state index is 0.00373. The van der Waals surface area contributed by atoms with Crippen LogP contribution in [-0.4, -0.2) is 44.4 Å². The molecular formula is C24H32O6. The number of aryl methyl sites for hydroxylation is 1. The number of unbranched alkanes of at least 4 members (excludes halogenated alkanes) is 1. The average molecular weight is 417 g/mol. The highest BCUT2D eigenvalue weighted by Gasteiger charge is 2.39. The van der Waals surface area contributed by atoms with E-state index in [0.717, 1.165) is 11.1 Å². The largest absolute Gasteiger partial charge is 0.508 e. The summed E-state index contributed by atoms with van der Waals surface area (Å²) in [6.45, 7) is 3.68. The predicted molar refractivity (Wildman–Crippen MR) is 114 cm³/mol. The van der Waals surface area contributed by atoms with Crippen molar-refractivity contribution in [2.75, 3.05) is 0 Å². The molecule has 6 nitrogen and oxygen atoms in total. The van der Waals surface area contributed by atoms with Gasteiger partial charge in [0.15, 0.2) is 0 Å². The van der Waals surface area contributed by atoms with Crippen LogP contribution in [-0.2, 0) is 9.59 Å². The predicted octanol–water partition coefficient (Wildman–Crippen LogP) is 3.49. The maximum atomic E-state index is 12.3. The summed E-state index contributed by atoms with van der Waals surface area (Å²) in [5.74, 6) is -1.51. The van der Waals surface area contributed by atoms with Crippen LogP contribution in [0.5, 0.6) is 5.75 Å². The highest BCUT2D eigenvalue weighted by atomic mass is 16.4. The van der Waals surface area contributed by atoms with Gasteiger partial charge in [-0.2, -0.15) is 0 Å². The van der Waals surface area contributed by atoms with Gasteiger partial charge in [-0.3, -0.25) is 9.59 Å². The second kappa shape index (κ2) is 11.1. The van der Waals surface area contributed by atoms with Gasteiger partial charge < -0.3 is 20.4 Å². The molecule has 164 valence electrons. The number of phenols is 1. The SMILES string of the molecule is Cc1cc(C(C)[C@@H](O)/C=C/[C@H]2[C@H](O)CC(=O)[C@@H]2C/C=C\CCCC(=O)O)ccc1O. The Labute approximate surface area is 177 Å². The van der Waals surface area contributed by atoms with Gasteiger partial charge in [-0.1, -0.05) is 43.4 Å². The average Bonchev–Trinajstić information content (AvgIpc) is 2.96. The summed E-state index contributed by atoms with van der Waals surface area (Å²) >= 11 is 0.